The molecule has 0 aromatic carbocycles. The molecule has 12 heavy (non-hydrogen) atoms. The van der Waals surface area contributed by atoms with Gasteiger partial charge in [0, 0.05) is 12.1 Å². The van der Waals surface area contributed by atoms with E-state index in [4.69, 9.17) is 4.74 Å². The number of rotatable bonds is 1. The minimum atomic E-state index is -0.202. The van der Waals surface area contributed by atoms with Crippen LogP contribution in [0.25, 0.3) is 0 Å². The summed E-state index contributed by atoms with van der Waals surface area (Å²) in [5.74, 6) is -0.202. The lowest BCUT2D eigenvalue weighted by molar-refractivity contribution is -0.139. The zero-order valence-electron chi connectivity index (χ0n) is 6.95. The van der Waals surface area contributed by atoms with E-state index in [0.717, 1.165) is 13.0 Å². The van der Waals surface area contributed by atoms with Crippen LogP contribution in [-0.2, 0) is 9.53 Å². The van der Waals surface area contributed by atoms with Gasteiger partial charge >= 0.3 is 5.97 Å². The maximum atomic E-state index is 10.8. The highest BCUT2D eigenvalue weighted by Gasteiger charge is 2.27. The maximum Gasteiger partial charge on any atom is 0.331 e. The van der Waals surface area contributed by atoms with E-state index in [1.807, 2.05) is 6.08 Å². The smallest absolute Gasteiger partial charge is 0.331 e. The van der Waals surface area contributed by atoms with Crippen molar-refractivity contribution in [3.05, 3.63) is 12.2 Å². The Balaban J connectivity index is 1.91. The highest BCUT2D eigenvalue weighted by molar-refractivity contribution is 5.84. The molecule has 66 valence electrons. The molecule has 0 amide bonds. The van der Waals surface area contributed by atoms with Crippen molar-refractivity contribution in [3.63, 3.8) is 0 Å². The predicted octanol–water partition coefficient (Wildman–Crippen LogP) is 0.610. The molecule has 3 nitrogen and oxygen atoms in total. The Bertz CT molecular complexity index is 207. The van der Waals surface area contributed by atoms with Gasteiger partial charge < -0.3 is 10.1 Å². The van der Waals surface area contributed by atoms with Crippen LogP contribution in [0, 0.1) is 0 Å². The van der Waals surface area contributed by atoms with Gasteiger partial charge in [0.2, 0.25) is 0 Å². The molecule has 2 heterocycles. The number of hydrogen-bond donors (Lipinski definition) is 1. The summed E-state index contributed by atoms with van der Waals surface area (Å²) < 4.78 is 5.09. The maximum absolute atomic E-state index is 10.8. The molecule has 3 heteroatoms. The van der Waals surface area contributed by atoms with E-state index in [9.17, 15) is 4.79 Å². The Hall–Kier alpha value is -0.830. The SMILES string of the molecule is O=C1C=C[C@@H]([C@H]2CCCCN2)O1. The molecule has 0 saturated carbocycles. The second-order valence-electron chi connectivity index (χ2n) is 3.32. The van der Waals surface area contributed by atoms with Gasteiger partial charge in [0.1, 0.15) is 6.10 Å². The molecule has 0 aromatic rings. The summed E-state index contributed by atoms with van der Waals surface area (Å²) in [6.45, 7) is 1.05. The normalized spacial score (nSPS) is 35.2. The molecule has 1 N–H and O–H groups in total. The largest absolute Gasteiger partial charge is 0.453 e. The summed E-state index contributed by atoms with van der Waals surface area (Å²) >= 11 is 0. The van der Waals surface area contributed by atoms with Crippen molar-refractivity contribution in [2.45, 2.75) is 31.4 Å². The van der Waals surface area contributed by atoms with Crippen molar-refractivity contribution in [3.8, 4) is 0 Å². The van der Waals surface area contributed by atoms with Crippen molar-refractivity contribution in [2.75, 3.05) is 6.54 Å². The molecule has 2 aliphatic rings. The number of nitrogens with one attached hydrogen (secondary N) is 1. The third-order valence-electron chi connectivity index (χ3n) is 2.42. The molecule has 1 fully saturated rings. The average Bonchev–Trinajstić information content (AvgIpc) is 2.54. The second kappa shape index (κ2) is 3.27. The van der Waals surface area contributed by atoms with E-state index in [-0.39, 0.29) is 12.1 Å². The summed E-state index contributed by atoms with van der Waals surface area (Å²) in [7, 11) is 0. The van der Waals surface area contributed by atoms with Crippen molar-refractivity contribution >= 4 is 5.97 Å². The van der Waals surface area contributed by atoms with E-state index < -0.39 is 0 Å². The summed E-state index contributed by atoms with van der Waals surface area (Å²) in [4.78, 5) is 10.8. The van der Waals surface area contributed by atoms with Crippen LogP contribution in [-0.4, -0.2) is 24.7 Å². The number of carbonyl (C=O) groups excluding carboxylic acids is 1. The van der Waals surface area contributed by atoms with E-state index in [1.54, 1.807) is 0 Å². The Morgan fingerprint density at radius 2 is 2.42 bits per heavy atom. The molecule has 0 bridgehead atoms. The van der Waals surface area contributed by atoms with Crippen LogP contribution in [0.15, 0.2) is 12.2 Å². The lowest BCUT2D eigenvalue weighted by Crippen LogP contribution is -2.42. The molecular weight excluding hydrogens is 154 g/mol. The quantitative estimate of drug-likeness (QED) is 0.581. The highest BCUT2D eigenvalue weighted by atomic mass is 16.5. The first kappa shape index (κ1) is 7.80. The summed E-state index contributed by atoms with van der Waals surface area (Å²) in [5.41, 5.74) is 0. The van der Waals surface area contributed by atoms with Crippen LogP contribution in [0.2, 0.25) is 0 Å². The molecule has 2 aliphatic heterocycles. The fourth-order valence-electron chi connectivity index (χ4n) is 1.76. The Morgan fingerprint density at radius 1 is 1.50 bits per heavy atom. The van der Waals surface area contributed by atoms with E-state index in [2.05, 4.69) is 5.32 Å². The number of ether oxygens (including phenoxy) is 1. The number of hydrogen-bond acceptors (Lipinski definition) is 3. The van der Waals surface area contributed by atoms with Gasteiger partial charge in [0.25, 0.3) is 0 Å². The monoisotopic (exact) mass is 167 g/mol. The molecular formula is C9H13NO2. The van der Waals surface area contributed by atoms with Crippen molar-refractivity contribution in [1.82, 2.24) is 5.32 Å². The van der Waals surface area contributed by atoms with Gasteiger partial charge in [0.05, 0.1) is 0 Å². The van der Waals surface area contributed by atoms with Gasteiger partial charge in [-0.25, -0.2) is 4.79 Å². The zero-order chi connectivity index (χ0) is 8.39. The number of esters is 1. The fourth-order valence-corrected chi connectivity index (χ4v) is 1.76. The third kappa shape index (κ3) is 1.50. The van der Waals surface area contributed by atoms with E-state index in [0.29, 0.717) is 6.04 Å². The molecule has 2 atom stereocenters. The van der Waals surface area contributed by atoms with E-state index >= 15 is 0 Å². The van der Waals surface area contributed by atoms with Crippen LogP contribution in [0.3, 0.4) is 0 Å². The summed E-state index contributed by atoms with van der Waals surface area (Å²) in [6.07, 6.45) is 6.94. The molecule has 2 rings (SSSR count). The standard InChI is InChI=1S/C9H13NO2/c11-9-5-4-8(12-9)7-3-1-2-6-10-7/h4-5,7-8,10H,1-3,6H2/t7-,8+/m1/s1. The van der Waals surface area contributed by atoms with Gasteiger partial charge in [-0.1, -0.05) is 6.42 Å². The molecule has 0 aliphatic carbocycles. The van der Waals surface area contributed by atoms with Crippen molar-refractivity contribution in [2.24, 2.45) is 0 Å². The molecule has 0 unspecified atom stereocenters. The van der Waals surface area contributed by atoms with Gasteiger partial charge in [-0.05, 0) is 25.5 Å². The van der Waals surface area contributed by atoms with E-state index in [1.165, 1.54) is 18.9 Å². The minimum absolute atomic E-state index is 0.0159. The first-order valence-corrected chi connectivity index (χ1v) is 4.48. The van der Waals surface area contributed by atoms with Gasteiger partial charge in [0.15, 0.2) is 0 Å². The Labute approximate surface area is 71.8 Å². The van der Waals surface area contributed by atoms with Gasteiger partial charge in [-0.3, -0.25) is 0 Å². The van der Waals surface area contributed by atoms with Crippen LogP contribution in [0.5, 0.6) is 0 Å². The zero-order valence-corrected chi connectivity index (χ0v) is 6.95. The average molecular weight is 167 g/mol. The molecule has 0 spiro atoms. The van der Waals surface area contributed by atoms with Crippen LogP contribution in [0.1, 0.15) is 19.3 Å². The minimum Gasteiger partial charge on any atom is -0.453 e. The molecule has 0 aromatic heterocycles. The third-order valence-corrected chi connectivity index (χ3v) is 2.42. The molecule has 1 saturated heterocycles. The summed E-state index contributed by atoms with van der Waals surface area (Å²) in [5, 5.41) is 3.35. The lowest BCUT2D eigenvalue weighted by atomic mass is 10.0. The lowest BCUT2D eigenvalue weighted by Gasteiger charge is -2.26. The number of carbonyl (C=O) groups is 1. The Morgan fingerprint density at radius 3 is 3.00 bits per heavy atom. The first-order chi connectivity index (χ1) is 5.86. The topological polar surface area (TPSA) is 38.3 Å². The van der Waals surface area contributed by atoms with Crippen molar-refractivity contribution < 1.29 is 9.53 Å². The van der Waals surface area contributed by atoms with Gasteiger partial charge in [-0.15, -0.1) is 0 Å². The highest BCUT2D eigenvalue weighted by Crippen LogP contribution is 2.17. The summed E-state index contributed by atoms with van der Waals surface area (Å²) in [6, 6.07) is 0.349. The second-order valence-corrected chi connectivity index (χ2v) is 3.32. The Kier molecular flexibility index (Phi) is 2.13. The predicted molar refractivity (Wildman–Crippen MR) is 44.7 cm³/mol. The van der Waals surface area contributed by atoms with Crippen LogP contribution >= 0.6 is 0 Å². The fraction of sp³-hybridized carbons (Fsp3) is 0.667. The molecule has 0 radical (unpaired) electrons. The van der Waals surface area contributed by atoms with Crippen LogP contribution in [0.4, 0.5) is 0 Å². The van der Waals surface area contributed by atoms with Gasteiger partial charge in [-0.2, -0.15) is 0 Å². The number of piperidine rings is 1. The van der Waals surface area contributed by atoms with Crippen LogP contribution < -0.4 is 5.32 Å². The van der Waals surface area contributed by atoms with Crippen molar-refractivity contribution in [1.29, 1.82) is 0 Å². The number of cyclic esters (lactones) is 1. The first-order valence-electron chi connectivity index (χ1n) is 4.48.